The molecule has 0 N–H and O–H groups in total. The first-order valence-electron chi connectivity index (χ1n) is 5.95. The molecule has 1 saturated heterocycles. The van der Waals surface area contributed by atoms with E-state index in [1.807, 2.05) is 30.3 Å². The summed E-state index contributed by atoms with van der Waals surface area (Å²) < 4.78 is 10.6. The number of nitrogens with zero attached hydrogens (tertiary/aromatic N) is 1. The van der Waals surface area contributed by atoms with Crippen molar-refractivity contribution < 1.29 is 14.3 Å². The van der Waals surface area contributed by atoms with Crippen molar-refractivity contribution in [1.29, 1.82) is 0 Å². The highest BCUT2D eigenvalue weighted by Crippen LogP contribution is 2.20. The number of benzene rings is 1. The normalized spacial score (nSPS) is 16.2. The van der Waals surface area contributed by atoms with Crippen LogP contribution in [0.3, 0.4) is 0 Å². The van der Waals surface area contributed by atoms with Crippen molar-refractivity contribution in [2.45, 2.75) is 12.7 Å². The Bertz CT molecular complexity index is 571. The van der Waals surface area contributed by atoms with E-state index in [4.69, 9.17) is 9.47 Å². The number of ketones is 1. The molecule has 0 unspecified atom stereocenters. The highest BCUT2D eigenvalue weighted by Gasteiger charge is 2.21. The van der Waals surface area contributed by atoms with Crippen molar-refractivity contribution >= 4 is 16.7 Å². The first-order valence-corrected chi connectivity index (χ1v) is 5.95. The zero-order valence-electron chi connectivity index (χ0n) is 9.83. The molecule has 92 valence electrons. The Kier molecular flexibility index (Phi) is 3.04. The number of pyridine rings is 1. The summed E-state index contributed by atoms with van der Waals surface area (Å²) in [5.41, 5.74) is 1.51. The number of rotatable bonds is 3. The molecule has 2 aromatic rings. The molecule has 1 aromatic heterocycles. The Morgan fingerprint density at radius 3 is 2.89 bits per heavy atom. The van der Waals surface area contributed by atoms with Gasteiger partial charge in [0.25, 0.3) is 0 Å². The Hall–Kier alpha value is -1.78. The van der Waals surface area contributed by atoms with E-state index in [1.165, 1.54) is 0 Å². The SMILES string of the molecule is O=C(CC1OCCO1)c1cccc2ncccc12. The van der Waals surface area contributed by atoms with Crippen LogP contribution in [0.15, 0.2) is 36.5 Å². The summed E-state index contributed by atoms with van der Waals surface area (Å²) in [7, 11) is 0. The monoisotopic (exact) mass is 243 g/mol. The molecule has 1 aliphatic rings. The number of aromatic nitrogens is 1. The van der Waals surface area contributed by atoms with Crippen molar-refractivity contribution in [3.8, 4) is 0 Å². The van der Waals surface area contributed by atoms with Gasteiger partial charge < -0.3 is 9.47 Å². The molecule has 4 heteroatoms. The maximum absolute atomic E-state index is 12.2. The lowest BCUT2D eigenvalue weighted by Gasteiger charge is -2.09. The zero-order chi connectivity index (χ0) is 12.4. The third-order valence-corrected chi connectivity index (χ3v) is 2.99. The van der Waals surface area contributed by atoms with Gasteiger partial charge in [0, 0.05) is 17.1 Å². The van der Waals surface area contributed by atoms with Gasteiger partial charge in [0.1, 0.15) is 0 Å². The number of Topliss-reactive ketones (excluding diaryl/α,β-unsaturated/α-hetero) is 1. The molecule has 0 saturated carbocycles. The number of fused-ring (bicyclic) bond motifs is 1. The van der Waals surface area contributed by atoms with E-state index in [9.17, 15) is 4.79 Å². The van der Waals surface area contributed by atoms with Gasteiger partial charge in [-0.3, -0.25) is 9.78 Å². The third kappa shape index (κ3) is 2.12. The van der Waals surface area contributed by atoms with Crippen molar-refractivity contribution in [2.75, 3.05) is 13.2 Å². The van der Waals surface area contributed by atoms with E-state index in [0.717, 1.165) is 10.9 Å². The molecule has 1 aromatic carbocycles. The predicted octanol–water partition coefficient (Wildman–Crippen LogP) is 2.18. The Morgan fingerprint density at radius 2 is 2.06 bits per heavy atom. The fourth-order valence-electron chi connectivity index (χ4n) is 2.13. The summed E-state index contributed by atoms with van der Waals surface area (Å²) in [4.78, 5) is 16.5. The van der Waals surface area contributed by atoms with E-state index < -0.39 is 6.29 Å². The topological polar surface area (TPSA) is 48.4 Å². The van der Waals surface area contributed by atoms with Crippen LogP contribution in [0, 0.1) is 0 Å². The molecule has 0 aliphatic carbocycles. The summed E-state index contributed by atoms with van der Waals surface area (Å²) in [6.07, 6.45) is 1.58. The second kappa shape index (κ2) is 4.84. The molecule has 0 atom stereocenters. The third-order valence-electron chi connectivity index (χ3n) is 2.99. The molecule has 0 amide bonds. The number of hydrogen-bond donors (Lipinski definition) is 0. The van der Waals surface area contributed by atoms with Crippen LogP contribution in [0.2, 0.25) is 0 Å². The summed E-state index contributed by atoms with van der Waals surface area (Å²) >= 11 is 0. The number of carbonyl (C=O) groups excluding carboxylic acids is 1. The van der Waals surface area contributed by atoms with Crippen molar-refractivity contribution in [3.05, 3.63) is 42.1 Å². The van der Waals surface area contributed by atoms with Gasteiger partial charge in [0.2, 0.25) is 0 Å². The first kappa shape index (κ1) is 11.3. The van der Waals surface area contributed by atoms with Crippen LogP contribution in [0.1, 0.15) is 16.8 Å². The van der Waals surface area contributed by atoms with Gasteiger partial charge in [-0.25, -0.2) is 0 Å². The molecule has 4 nitrogen and oxygen atoms in total. The smallest absolute Gasteiger partial charge is 0.168 e. The fourth-order valence-corrected chi connectivity index (χ4v) is 2.13. The summed E-state index contributed by atoms with van der Waals surface area (Å²) in [5, 5.41) is 0.878. The van der Waals surface area contributed by atoms with Crippen LogP contribution in [0.5, 0.6) is 0 Å². The Balaban J connectivity index is 1.91. The summed E-state index contributed by atoms with van der Waals surface area (Å²) in [6.45, 7) is 1.13. The van der Waals surface area contributed by atoms with Gasteiger partial charge in [0.05, 0.1) is 25.2 Å². The van der Waals surface area contributed by atoms with E-state index in [2.05, 4.69) is 4.98 Å². The van der Waals surface area contributed by atoms with Gasteiger partial charge >= 0.3 is 0 Å². The lowest BCUT2D eigenvalue weighted by molar-refractivity contribution is -0.0407. The Morgan fingerprint density at radius 1 is 1.22 bits per heavy atom. The molecule has 1 aliphatic heterocycles. The highest BCUT2D eigenvalue weighted by molar-refractivity contribution is 6.07. The van der Waals surface area contributed by atoms with Crippen LogP contribution in [-0.2, 0) is 9.47 Å². The minimum Gasteiger partial charge on any atom is -0.350 e. The maximum Gasteiger partial charge on any atom is 0.168 e. The summed E-state index contributed by atoms with van der Waals surface area (Å²) in [5.74, 6) is 0.0282. The minimum atomic E-state index is -0.399. The van der Waals surface area contributed by atoms with Gasteiger partial charge in [-0.2, -0.15) is 0 Å². The lowest BCUT2D eigenvalue weighted by atomic mass is 10.0. The largest absolute Gasteiger partial charge is 0.350 e. The molecular formula is C14H13NO3. The lowest BCUT2D eigenvalue weighted by Crippen LogP contribution is -2.14. The van der Waals surface area contributed by atoms with E-state index in [0.29, 0.717) is 18.8 Å². The van der Waals surface area contributed by atoms with Crippen LogP contribution in [0.4, 0.5) is 0 Å². The van der Waals surface area contributed by atoms with Crippen molar-refractivity contribution in [1.82, 2.24) is 4.98 Å². The van der Waals surface area contributed by atoms with Gasteiger partial charge in [-0.1, -0.05) is 18.2 Å². The fraction of sp³-hybridized carbons (Fsp3) is 0.286. The average Bonchev–Trinajstić information content (AvgIpc) is 2.91. The predicted molar refractivity (Wildman–Crippen MR) is 66.4 cm³/mol. The standard InChI is InChI=1S/C14H13NO3/c16-13(9-14-17-7-8-18-14)11-3-1-5-12-10(11)4-2-6-15-12/h1-6,14H,7-9H2. The molecule has 2 heterocycles. The van der Waals surface area contributed by atoms with Crippen LogP contribution in [0.25, 0.3) is 10.9 Å². The molecular weight excluding hydrogens is 230 g/mol. The van der Waals surface area contributed by atoms with Crippen molar-refractivity contribution in [2.24, 2.45) is 0 Å². The van der Waals surface area contributed by atoms with Crippen LogP contribution < -0.4 is 0 Å². The van der Waals surface area contributed by atoms with Crippen LogP contribution >= 0.6 is 0 Å². The summed E-state index contributed by atoms with van der Waals surface area (Å²) in [6, 6.07) is 9.31. The molecule has 0 radical (unpaired) electrons. The number of ether oxygens (including phenoxy) is 2. The molecule has 3 rings (SSSR count). The van der Waals surface area contributed by atoms with Gasteiger partial charge in [0.15, 0.2) is 12.1 Å². The highest BCUT2D eigenvalue weighted by atomic mass is 16.7. The van der Waals surface area contributed by atoms with Gasteiger partial charge in [-0.05, 0) is 12.1 Å². The Labute approximate surface area is 105 Å². The van der Waals surface area contributed by atoms with E-state index in [1.54, 1.807) is 6.20 Å². The molecule has 1 fully saturated rings. The zero-order valence-corrected chi connectivity index (χ0v) is 9.83. The molecule has 18 heavy (non-hydrogen) atoms. The maximum atomic E-state index is 12.2. The average molecular weight is 243 g/mol. The quantitative estimate of drug-likeness (QED) is 0.775. The number of carbonyl (C=O) groups is 1. The molecule has 0 bridgehead atoms. The van der Waals surface area contributed by atoms with Crippen molar-refractivity contribution in [3.63, 3.8) is 0 Å². The van der Waals surface area contributed by atoms with Gasteiger partial charge in [-0.15, -0.1) is 0 Å². The van der Waals surface area contributed by atoms with E-state index >= 15 is 0 Å². The van der Waals surface area contributed by atoms with Crippen LogP contribution in [-0.4, -0.2) is 30.3 Å². The number of hydrogen-bond acceptors (Lipinski definition) is 4. The molecule has 0 spiro atoms. The minimum absolute atomic E-state index is 0.0282. The second-order valence-electron chi connectivity index (χ2n) is 4.17. The van der Waals surface area contributed by atoms with E-state index in [-0.39, 0.29) is 12.2 Å². The first-order chi connectivity index (χ1) is 8.84. The second-order valence-corrected chi connectivity index (χ2v) is 4.17.